The maximum atomic E-state index is 14.5. The second-order valence-corrected chi connectivity index (χ2v) is 24.8. The van der Waals surface area contributed by atoms with Gasteiger partial charge in [-0.25, -0.2) is 27.7 Å². The molecule has 12 N–H and O–H groups in total. The van der Waals surface area contributed by atoms with E-state index in [1.54, 1.807) is 44.2 Å². The maximum Gasteiger partial charge on any atom is 0.338 e. The first-order valence-electron chi connectivity index (χ1n) is 32.1. The number of hydrogen-bond acceptors (Lipinski definition) is 25. The number of carbonyl (C=O) groups excluding carboxylic acids is 3. The van der Waals surface area contributed by atoms with Crippen LogP contribution in [-0.2, 0) is 52.3 Å². The minimum Gasteiger partial charge on any atom is -0.479 e. The topological polar surface area (TPSA) is 430 Å². The highest BCUT2D eigenvalue weighted by Gasteiger charge is 2.55. The van der Waals surface area contributed by atoms with Gasteiger partial charge in [0.1, 0.15) is 90.1 Å². The summed E-state index contributed by atoms with van der Waals surface area (Å²) in [6.07, 6.45) is -26.6. The van der Waals surface area contributed by atoms with Crippen molar-refractivity contribution >= 4 is 23.8 Å². The van der Waals surface area contributed by atoms with E-state index in [2.05, 4.69) is 31.3 Å². The number of nitrogens with zero attached hydrogens (tertiary/aromatic N) is 6. The number of aliphatic carboxylic acids is 1. The Labute approximate surface area is 548 Å². The van der Waals surface area contributed by atoms with Gasteiger partial charge in [-0.1, -0.05) is 79.6 Å². The highest BCUT2D eigenvalue weighted by Crippen LogP contribution is 2.42. The van der Waals surface area contributed by atoms with Crippen molar-refractivity contribution in [2.75, 3.05) is 26.3 Å². The van der Waals surface area contributed by atoms with Crippen molar-refractivity contribution in [3.05, 3.63) is 108 Å². The molecule has 0 bridgehead atoms. The zero-order valence-electron chi connectivity index (χ0n) is 52.6. The van der Waals surface area contributed by atoms with E-state index in [1.165, 1.54) is 72.5 Å². The molecule has 10 rings (SSSR count). The van der Waals surface area contributed by atoms with Gasteiger partial charge in [-0.15, -0.1) is 10.2 Å². The highest BCUT2D eigenvalue weighted by molar-refractivity contribution is 5.89. The molecule has 2 saturated carbocycles. The maximum absolute atomic E-state index is 14.5. The average molecular weight is 1350 g/mol. The van der Waals surface area contributed by atoms with Crippen LogP contribution in [0.3, 0.4) is 0 Å². The monoisotopic (exact) mass is 1350 g/mol. The summed E-state index contributed by atoms with van der Waals surface area (Å²) in [7, 11) is 0. The zero-order valence-corrected chi connectivity index (χ0v) is 52.6. The van der Waals surface area contributed by atoms with Crippen molar-refractivity contribution in [2.45, 2.75) is 194 Å². The first kappa shape index (κ1) is 71.8. The van der Waals surface area contributed by atoms with Crippen LogP contribution >= 0.6 is 0 Å². The van der Waals surface area contributed by atoms with Crippen molar-refractivity contribution in [3.8, 4) is 22.5 Å². The van der Waals surface area contributed by atoms with Crippen LogP contribution in [0, 0.1) is 29.4 Å². The molecule has 15 unspecified atom stereocenters. The Kier molecular flexibility index (Phi) is 24.0. The number of halogens is 2. The van der Waals surface area contributed by atoms with E-state index < -0.39 is 195 Å². The number of aromatic nitrogens is 6. The molecule has 524 valence electrons. The van der Waals surface area contributed by atoms with Gasteiger partial charge < -0.3 is 99.6 Å². The lowest BCUT2D eigenvalue weighted by Gasteiger charge is -2.48. The van der Waals surface area contributed by atoms with Gasteiger partial charge in [0.2, 0.25) is 11.8 Å². The molecule has 5 aromatic rings. The number of hydrogen-bond donors (Lipinski definition) is 12. The summed E-state index contributed by atoms with van der Waals surface area (Å²) in [5, 5.41) is 133. The van der Waals surface area contributed by atoms with Crippen LogP contribution in [-0.4, -0.2) is 248 Å². The van der Waals surface area contributed by atoms with Gasteiger partial charge in [0, 0.05) is 36.1 Å². The Balaban J connectivity index is 0.869. The molecule has 24 atom stereocenters. The van der Waals surface area contributed by atoms with Gasteiger partial charge in [0.05, 0.1) is 61.6 Å². The van der Waals surface area contributed by atoms with Gasteiger partial charge in [-0.05, 0) is 81.3 Å². The average Bonchev–Trinajstić information content (AvgIpc) is 1.13. The Morgan fingerprint density at radius 2 is 1.19 bits per heavy atom. The Morgan fingerprint density at radius 3 is 1.79 bits per heavy atom. The quantitative estimate of drug-likeness (QED) is 0.0272. The SMILES string of the molecule is CCC[C@H](OC1C(OC(=O)c2ccccc2)[C@H](O[C@@H]2CC(C(=O)NCCNC(=O)C3CC(n4cc(-c5cccc(F)c5)nn4)C(O)[C@H](O[C@@H]4OC(CO)[C@H](O)C(n5cc(-c6cccc(F)c6)nn5)C4O)C3)CC(CC)C2O[C@@H]2OC(C)[C@@H](O)C(O)C2O)OC(CO)[C@@H]1O)C(=O)O. The Morgan fingerprint density at radius 1 is 0.615 bits per heavy atom. The standard InChI is InChI=1S/C64H82F2N8O22/c1-4-11-42(60(86)87)90-56-51(80)46(29-76)94-64(57(56)95-61(88)32-12-7-6-8-13-32)92-44-25-35(20-31(5-2)55(44)96-63-54(83)53(82)48(77)30(3)89-63)58(84)67-18-19-68-59(85)36-23-41(73-26-39(69-71-73)33-14-9-16-37(65)21-33)49(78)43(24-36)91-62-52(81)47(50(79)45(28-75)93-62)74-27-40(70-72-74)34-15-10-17-38(66)22-34/h6-10,12-17,21-22,26-27,30-31,35-36,41-57,62-64,75-83H,4-5,11,18-20,23-25,28-29H2,1-3H3,(H,67,84)(H,68,85)(H,86,87)/t30?,31?,35?,36?,41?,42-,43+,44+,45?,46?,47?,48+,49?,50-,51-,52?,53?,54?,55?,56?,57?,62+,63-,64+/m0/s1. The lowest BCUT2D eigenvalue weighted by atomic mass is 9.75. The third-order valence-corrected chi connectivity index (χ3v) is 18.4. The van der Waals surface area contributed by atoms with Crippen LogP contribution in [0.2, 0.25) is 0 Å². The predicted octanol–water partition coefficient (Wildman–Crippen LogP) is 0.0680. The molecule has 5 aliphatic rings. The molecule has 0 radical (unpaired) electrons. The molecule has 2 amide bonds. The molecule has 3 aliphatic heterocycles. The molecular formula is C64H82F2N8O22. The number of amides is 2. The third-order valence-electron chi connectivity index (χ3n) is 18.4. The summed E-state index contributed by atoms with van der Waals surface area (Å²) in [6.45, 7) is 2.98. The van der Waals surface area contributed by atoms with Gasteiger partial charge in [0.15, 0.2) is 31.1 Å². The first-order chi connectivity index (χ1) is 46.1. The van der Waals surface area contributed by atoms with Gasteiger partial charge >= 0.3 is 11.9 Å². The lowest BCUT2D eigenvalue weighted by Crippen LogP contribution is -2.64. The normalized spacial score (nSPS) is 34.4. The molecule has 32 heteroatoms. The zero-order chi connectivity index (χ0) is 68.6. The number of carbonyl (C=O) groups is 4. The van der Waals surface area contributed by atoms with E-state index in [4.69, 9.17) is 37.9 Å². The number of carboxylic acid groups (broad SMARTS) is 1. The lowest BCUT2D eigenvalue weighted by molar-refractivity contribution is -0.349. The number of carboxylic acids is 1. The number of aliphatic hydroxyl groups is 9. The van der Waals surface area contributed by atoms with Crippen LogP contribution in [0.25, 0.3) is 22.5 Å². The summed E-state index contributed by atoms with van der Waals surface area (Å²) < 4.78 is 80.5. The summed E-state index contributed by atoms with van der Waals surface area (Å²) in [4.78, 5) is 55.4. The molecule has 30 nitrogen and oxygen atoms in total. The van der Waals surface area contributed by atoms with E-state index in [1.807, 2.05) is 0 Å². The molecule has 5 fully saturated rings. The van der Waals surface area contributed by atoms with Gasteiger partial charge in [-0.2, -0.15) is 0 Å². The van der Waals surface area contributed by atoms with Crippen molar-refractivity contribution in [3.63, 3.8) is 0 Å². The van der Waals surface area contributed by atoms with Crippen LogP contribution in [0.1, 0.15) is 88.2 Å². The Bertz CT molecular complexity index is 3400. The predicted molar refractivity (Wildman–Crippen MR) is 323 cm³/mol. The van der Waals surface area contributed by atoms with E-state index >= 15 is 0 Å². The first-order valence-corrected chi connectivity index (χ1v) is 32.1. The molecule has 2 aliphatic carbocycles. The van der Waals surface area contributed by atoms with Crippen LogP contribution in [0.5, 0.6) is 0 Å². The van der Waals surface area contributed by atoms with Gasteiger partial charge in [0.25, 0.3) is 0 Å². The fraction of sp³-hybridized carbons (Fsp3) is 0.594. The third kappa shape index (κ3) is 16.3. The van der Waals surface area contributed by atoms with Crippen LogP contribution in [0.15, 0.2) is 91.3 Å². The molecule has 0 spiro atoms. The molecule has 3 aromatic carbocycles. The van der Waals surface area contributed by atoms with Crippen molar-refractivity contribution in [1.29, 1.82) is 0 Å². The second-order valence-electron chi connectivity index (χ2n) is 24.8. The summed E-state index contributed by atoms with van der Waals surface area (Å²) in [5.74, 6) is -7.15. The molecule has 3 saturated heterocycles. The van der Waals surface area contributed by atoms with Crippen LogP contribution in [0.4, 0.5) is 8.78 Å². The largest absolute Gasteiger partial charge is 0.479 e. The minimum atomic E-state index is -1.80. The molecule has 5 heterocycles. The molecule has 2 aromatic heterocycles. The van der Waals surface area contributed by atoms with E-state index in [9.17, 15) is 79.0 Å². The summed E-state index contributed by atoms with van der Waals surface area (Å²) >= 11 is 0. The second kappa shape index (κ2) is 32.1. The minimum absolute atomic E-state index is 0.0423. The number of esters is 1. The number of aliphatic hydroxyl groups excluding tert-OH is 9. The molecule has 96 heavy (non-hydrogen) atoms. The van der Waals surface area contributed by atoms with Crippen LogP contribution < -0.4 is 10.6 Å². The fourth-order valence-electron chi connectivity index (χ4n) is 13.2. The summed E-state index contributed by atoms with van der Waals surface area (Å²) in [5.41, 5.74) is 1.14. The Hall–Kier alpha value is -6.96. The van der Waals surface area contributed by atoms with E-state index in [0.29, 0.717) is 17.5 Å². The summed E-state index contributed by atoms with van der Waals surface area (Å²) in [6, 6.07) is 16.2. The number of rotatable bonds is 25. The molecular weight excluding hydrogens is 1270 g/mol. The number of nitrogens with one attached hydrogen (secondary N) is 2. The van der Waals surface area contributed by atoms with Crippen molar-refractivity contribution in [2.24, 2.45) is 17.8 Å². The number of benzene rings is 3. The number of ether oxygens (including phenoxy) is 8. The fourth-order valence-corrected chi connectivity index (χ4v) is 13.2. The van der Waals surface area contributed by atoms with Gasteiger partial charge in [-0.3, -0.25) is 9.59 Å². The highest BCUT2D eigenvalue weighted by atomic mass is 19.1. The smallest absolute Gasteiger partial charge is 0.338 e. The van der Waals surface area contributed by atoms with Crippen molar-refractivity contribution in [1.82, 2.24) is 40.6 Å². The van der Waals surface area contributed by atoms with E-state index in [-0.39, 0.29) is 68.6 Å². The van der Waals surface area contributed by atoms with E-state index in [0.717, 1.165) is 4.68 Å². The van der Waals surface area contributed by atoms with Crippen molar-refractivity contribution < 1.29 is 117 Å².